The molecule has 1 aromatic heterocycles. The van der Waals surface area contributed by atoms with Crippen molar-refractivity contribution in [2.45, 2.75) is 30.7 Å². The lowest BCUT2D eigenvalue weighted by atomic mass is 9.86. The molecule has 0 aliphatic carbocycles. The van der Waals surface area contributed by atoms with Crippen LogP contribution in [0.1, 0.15) is 35.0 Å². The molecule has 5 N–H and O–H groups in total. The molecule has 1 aliphatic heterocycles. The first-order valence-electron chi connectivity index (χ1n) is 12.6. The molecule has 0 fully saturated rings. The smallest absolute Gasteiger partial charge is 0.424 e. The van der Waals surface area contributed by atoms with Gasteiger partial charge in [-0.1, -0.05) is 6.92 Å². The van der Waals surface area contributed by atoms with Crippen molar-refractivity contribution in [3.05, 3.63) is 71.2 Å². The Morgan fingerprint density at radius 3 is 2.49 bits per heavy atom. The lowest BCUT2D eigenvalue weighted by Gasteiger charge is -2.31. The standard InChI is InChI=1S/C28H29F4N3O6/c1-3-26(33)15-41-24-19(26)13-22(35-23(24)16-4-7-18(29)8-5-16)27(38,28(30,31)32)14-34-25(37)17-6-9-20(40-11-10-36)21(12-17)39-2/h4-9,12-13,36,38H,3,10-11,14-15,33H2,1-2H3,(H,34,37)/t26-,27?/m1/s1. The number of pyridine rings is 1. The van der Waals surface area contributed by atoms with Gasteiger partial charge in [-0.2, -0.15) is 13.2 Å². The molecule has 0 bridgehead atoms. The fourth-order valence-corrected chi connectivity index (χ4v) is 4.37. The monoisotopic (exact) mass is 579 g/mol. The molecule has 2 heterocycles. The number of nitrogens with zero attached hydrogens (tertiary/aromatic N) is 1. The topological polar surface area (TPSA) is 136 Å². The van der Waals surface area contributed by atoms with Crippen LogP contribution >= 0.6 is 0 Å². The van der Waals surface area contributed by atoms with Crippen LogP contribution in [0.4, 0.5) is 17.6 Å². The van der Waals surface area contributed by atoms with Crippen LogP contribution in [0.25, 0.3) is 11.3 Å². The van der Waals surface area contributed by atoms with E-state index in [-0.39, 0.29) is 59.5 Å². The normalized spacial score (nSPS) is 17.8. The molecular weight excluding hydrogens is 550 g/mol. The summed E-state index contributed by atoms with van der Waals surface area (Å²) in [6.45, 7) is 0.0948. The van der Waals surface area contributed by atoms with Crippen LogP contribution in [0.2, 0.25) is 0 Å². The number of amides is 1. The average Bonchev–Trinajstić information content (AvgIpc) is 3.30. The molecule has 13 heteroatoms. The van der Waals surface area contributed by atoms with Gasteiger partial charge >= 0.3 is 6.18 Å². The number of aliphatic hydroxyl groups is 2. The highest BCUT2D eigenvalue weighted by molar-refractivity contribution is 5.95. The lowest BCUT2D eigenvalue weighted by Crippen LogP contribution is -2.51. The number of benzene rings is 2. The van der Waals surface area contributed by atoms with Crippen LogP contribution in [0, 0.1) is 5.82 Å². The summed E-state index contributed by atoms with van der Waals surface area (Å²) in [7, 11) is 1.31. The number of hydrogen-bond donors (Lipinski definition) is 4. The van der Waals surface area contributed by atoms with Crippen LogP contribution in [0.3, 0.4) is 0 Å². The third-order valence-electron chi connectivity index (χ3n) is 6.90. The van der Waals surface area contributed by atoms with Crippen molar-refractivity contribution in [1.29, 1.82) is 0 Å². The average molecular weight is 580 g/mol. The largest absolute Gasteiger partial charge is 0.493 e. The van der Waals surface area contributed by atoms with Crippen molar-refractivity contribution in [2.75, 3.05) is 33.5 Å². The van der Waals surface area contributed by atoms with Gasteiger partial charge in [0.05, 0.1) is 31.5 Å². The molecule has 2 aromatic carbocycles. The molecule has 2 atom stereocenters. The summed E-state index contributed by atoms with van der Waals surface area (Å²) < 4.78 is 73.4. The Morgan fingerprint density at radius 2 is 1.88 bits per heavy atom. The van der Waals surface area contributed by atoms with E-state index in [0.717, 1.165) is 18.2 Å². The lowest BCUT2D eigenvalue weighted by molar-refractivity contribution is -0.265. The molecule has 0 radical (unpaired) electrons. The van der Waals surface area contributed by atoms with Crippen LogP contribution in [-0.4, -0.2) is 60.8 Å². The highest BCUT2D eigenvalue weighted by atomic mass is 19.4. The Balaban J connectivity index is 1.73. The van der Waals surface area contributed by atoms with E-state index in [9.17, 15) is 27.5 Å². The van der Waals surface area contributed by atoms with E-state index in [0.29, 0.717) is 6.42 Å². The predicted octanol–water partition coefficient (Wildman–Crippen LogP) is 3.40. The first-order valence-corrected chi connectivity index (χ1v) is 12.6. The second-order valence-corrected chi connectivity index (χ2v) is 9.52. The Kier molecular flexibility index (Phi) is 8.43. The van der Waals surface area contributed by atoms with Crippen LogP contribution < -0.4 is 25.3 Å². The van der Waals surface area contributed by atoms with E-state index in [4.69, 9.17) is 25.1 Å². The van der Waals surface area contributed by atoms with E-state index < -0.39 is 41.3 Å². The minimum absolute atomic E-state index is 0.0403. The molecule has 4 rings (SSSR count). The van der Waals surface area contributed by atoms with Crippen molar-refractivity contribution in [3.8, 4) is 28.5 Å². The highest BCUT2D eigenvalue weighted by Gasteiger charge is 2.57. The molecule has 0 spiro atoms. The van der Waals surface area contributed by atoms with Gasteiger partial charge in [0.25, 0.3) is 5.91 Å². The van der Waals surface area contributed by atoms with Gasteiger partial charge in [-0.3, -0.25) is 4.79 Å². The molecule has 1 aliphatic rings. The number of carbonyl (C=O) groups is 1. The maximum Gasteiger partial charge on any atom is 0.424 e. The fourth-order valence-electron chi connectivity index (χ4n) is 4.37. The Morgan fingerprint density at radius 1 is 1.17 bits per heavy atom. The summed E-state index contributed by atoms with van der Waals surface area (Å²) in [4.78, 5) is 17.0. The van der Waals surface area contributed by atoms with Crippen molar-refractivity contribution < 1.29 is 46.8 Å². The first-order chi connectivity index (χ1) is 19.4. The Hall–Kier alpha value is -3.94. The predicted molar refractivity (Wildman–Crippen MR) is 139 cm³/mol. The van der Waals surface area contributed by atoms with Gasteiger partial charge in [0.1, 0.15) is 24.7 Å². The summed E-state index contributed by atoms with van der Waals surface area (Å²) in [5.41, 5.74) is 1.13. The molecule has 1 amide bonds. The van der Waals surface area contributed by atoms with E-state index in [1.54, 1.807) is 6.92 Å². The summed E-state index contributed by atoms with van der Waals surface area (Å²) in [5.74, 6) is -1.05. The summed E-state index contributed by atoms with van der Waals surface area (Å²) in [6.07, 6.45) is -4.99. The number of nitrogens with two attached hydrogens (primary N) is 1. The molecule has 0 saturated carbocycles. The summed E-state index contributed by atoms with van der Waals surface area (Å²) in [5, 5.41) is 22.2. The number of hydrogen-bond acceptors (Lipinski definition) is 8. The molecule has 3 aromatic rings. The molecule has 41 heavy (non-hydrogen) atoms. The van der Waals surface area contributed by atoms with E-state index in [2.05, 4.69) is 10.3 Å². The van der Waals surface area contributed by atoms with Gasteiger partial charge in [0.2, 0.25) is 5.60 Å². The molecule has 220 valence electrons. The van der Waals surface area contributed by atoms with E-state index in [1.165, 1.54) is 37.4 Å². The SMILES string of the molecule is CC[C@@]1(N)COc2c1cc(C(O)(CNC(=O)c1ccc(OCCO)c(OC)c1)C(F)(F)F)nc2-c1ccc(F)cc1. The van der Waals surface area contributed by atoms with Gasteiger partial charge in [0.15, 0.2) is 17.2 Å². The van der Waals surface area contributed by atoms with Crippen LogP contribution in [-0.2, 0) is 11.1 Å². The number of rotatable bonds is 10. The van der Waals surface area contributed by atoms with Gasteiger partial charge in [-0.05, 0) is 55.0 Å². The second kappa shape index (κ2) is 11.5. The minimum Gasteiger partial charge on any atom is -0.493 e. The number of aromatic nitrogens is 1. The van der Waals surface area contributed by atoms with E-state index >= 15 is 0 Å². The quantitative estimate of drug-likeness (QED) is 0.269. The number of nitrogens with one attached hydrogen (secondary N) is 1. The zero-order valence-corrected chi connectivity index (χ0v) is 22.2. The molecule has 9 nitrogen and oxygen atoms in total. The first kappa shape index (κ1) is 30.0. The summed E-state index contributed by atoms with van der Waals surface area (Å²) in [6, 6.07) is 9.81. The van der Waals surface area contributed by atoms with Gasteiger partial charge in [0, 0.05) is 16.7 Å². The maximum absolute atomic E-state index is 14.5. The van der Waals surface area contributed by atoms with Crippen LogP contribution in [0.15, 0.2) is 48.5 Å². The third-order valence-corrected chi connectivity index (χ3v) is 6.90. The Labute approximate surface area is 232 Å². The fraction of sp³-hybridized carbons (Fsp3) is 0.357. The number of halogens is 4. The number of methoxy groups -OCH3 is 1. The highest BCUT2D eigenvalue weighted by Crippen LogP contribution is 2.47. The van der Waals surface area contributed by atoms with Crippen LogP contribution in [0.5, 0.6) is 17.2 Å². The Bertz CT molecular complexity index is 1420. The number of carbonyl (C=O) groups excluding carboxylic acids is 1. The molecule has 0 saturated heterocycles. The van der Waals surface area contributed by atoms with Gasteiger partial charge < -0.3 is 35.5 Å². The van der Waals surface area contributed by atoms with Crippen molar-refractivity contribution >= 4 is 5.91 Å². The van der Waals surface area contributed by atoms with E-state index in [1.807, 2.05) is 0 Å². The van der Waals surface area contributed by atoms with Crippen molar-refractivity contribution in [2.24, 2.45) is 5.73 Å². The van der Waals surface area contributed by atoms with Gasteiger partial charge in [-0.25, -0.2) is 9.37 Å². The van der Waals surface area contributed by atoms with Crippen molar-refractivity contribution in [1.82, 2.24) is 10.3 Å². The summed E-state index contributed by atoms with van der Waals surface area (Å²) >= 11 is 0. The van der Waals surface area contributed by atoms with Gasteiger partial charge in [-0.15, -0.1) is 0 Å². The maximum atomic E-state index is 14.5. The third kappa shape index (κ3) is 5.78. The van der Waals surface area contributed by atoms with Crippen molar-refractivity contribution in [3.63, 3.8) is 0 Å². The zero-order chi connectivity index (χ0) is 30.0. The second-order valence-electron chi connectivity index (χ2n) is 9.52. The molecule has 1 unspecified atom stereocenters. The number of fused-ring (bicyclic) bond motifs is 1. The number of ether oxygens (including phenoxy) is 3. The number of alkyl halides is 3. The zero-order valence-electron chi connectivity index (χ0n) is 22.2. The molecular formula is C28H29F4N3O6. The minimum atomic E-state index is -5.29. The number of aliphatic hydroxyl groups excluding tert-OH is 1.